The first-order valence-corrected chi connectivity index (χ1v) is 7.43. The van der Waals surface area contributed by atoms with Gasteiger partial charge in [0, 0.05) is 29.2 Å². The van der Waals surface area contributed by atoms with Crippen LogP contribution in [0, 0.1) is 22.0 Å². The molecular formula is C14H13ClN4OS. The summed E-state index contributed by atoms with van der Waals surface area (Å²) >= 11 is 6.57. The van der Waals surface area contributed by atoms with Gasteiger partial charge in [-0.2, -0.15) is 10.5 Å². The second kappa shape index (κ2) is 9.71. The molecule has 0 aliphatic carbocycles. The summed E-state index contributed by atoms with van der Waals surface area (Å²) in [5.41, 5.74) is 0.707. The van der Waals surface area contributed by atoms with E-state index in [4.69, 9.17) is 22.1 Å². The third-order valence-electron chi connectivity index (χ3n) is 2.36. The van der Waals surface area contributed by atoms with Gasteiger partial charge in [0.25, 0.3) is 5.91 Å². The summed E-state index contributed by atoms with van der Waals surface area (Å²) in [6.07, 6.45) is 2.00. The molecule has 1 aromatic carbocycles. The number of halogens is 1. The minimum Gasteiger partial charge on any atom is -0.360 e. The van der Waals surface area contributed by atoms with Crippen molar-refractivity contribution in [1.29, 1.82) is 10.5 Å². The van der Waals surface area contributed by atoms with Crippen molar-refractivity contribution in [2.24, 2.45) is 0 Å². The third kappa shape index (κ3) is 6.22. The van der Waals surface area contributed by atoms with E-state index in [2.05, 4.69) is 10.6 Å². The van der Waals surface area contributed by atoms with Crippen molar-refractivity contribution < 1.29 is 4.79 Å². The fraction of sp³-hybridized carbons (Fsp3) is 0.214. The average molecular weight is 321 g/mol. The van der Waals surface area contributed by atoms with E-state index in [1.54, 1.807) is 24.3 Å². The number of thiocyanates is 1. The average Bonchev–Trinajstić information content (AvgIpc) is 2.50. The topological polar surface area (TPSA) is 88.7 Å². The molecule has 0 saturated carbocycles. The summed E-state index contributed by atoms with van der Waals surface area (Å²) in [7, 11) is 0. The molecule has 7 heteroatoms. The van der Waals surface area contributed by atoms with Crippen molar-refractivity contribution in [1.82, 2.24) is 5.32 Å². The van der Waals surface area contributed by atoms with Gasteiger partial charge in [-0.3, -0.25) is 4.79 Å². The molecular weight excluding hydrogens is 308 g/mol. The first-order chi connectivity index (χ1) is 10.2. The molecule has 2 N–H and O–H groups in total. The molecule has 1 aromatic rings. The maximum atomic E-state index is 11.7. The molecule has 0 fully saturated rings. The van der Waals surface area contributed by atoms with Crippen molar-refractivity contribution in [3.05, 3.63) is 36.0 Å². The number of benzene rings is 1. The maximum absolute atomic E-state index is 11.7. The zero-order chi connectivity index (χ0) is 15.5. The molecule has 0 radical (unpaired) electrons. The van der Waals surface area contributed by atoms with Crippen LogP contribution in [0.3, 0.4) is 0 Å². The first kappa shape index (κ1) is 16.9. The molecule has 0 bridgehead atoms. The molecule has 0 heterocycles. The van der Waals surface area contributed by atoms with Gasteiger partial charge in [0.05, 0.1) is 0 Å². The van der Waals surface area contributed by atoms with Crippen molar-refractivity contribution >= 4 is 35.0 Å². The van der Waals surface area contributed by atoms with E-state index in [1.165, 1.54) is 6.20 Å². The van der Waals surface area contributed by atoms with Crippen LogP contribution in [0.1, 0.15) is 6.42 Å². The van der Waals surface area contributed by atoms with E-state index in [-0.39, 0.29) is 5.57 Å². The largest absolute Gasteiger partial charge is 0.360 e. The fourth-order valence-electron chi connectivity index (χ4n) is 1.34. The Bertz CT molecular complexity index is 586. The highest BCUT2D eigenvalue weighted by Crippen LogP contribution is 2.19. The lowest BCUT2D eigenvalue weighted by Crippen LogP contribution is -2.26. The number of alkyl halides is 1. The summed E-state index contributed by atoms with van der Waals surface area (Å²) in [4.78, 5) is 12.5. The predicted molar refractivity (Wildman–Crippen MR) is 83.6 cm³/mol. The SMILES string of the molecule is N#CSc1ccc(N/C=C(/C#N)C(=O)NCCCCl)cc1. The number of anilines is 1. The number of amides is 1. The number of carbonyl (C=O) groups is 1. The molecule has 1 amide bonds. The normalized spacial score (nSPS) is 10.3. The lowest BCUT2D eigenvalue weighted by atomic mass is 10.2. The molecule has 0 aromatic heterocycles. The van der Waals surface area contributed by atoms with Crippen molar-refractivity contribution in [2.45, 2.75) is 11.3 Å². The van der Waals surface area contributed by atoms with E-state index in [9.17, 15) is 4.79 Å². The van der Waals surface area contributed by atoms with Gasteiger partial charge in [-0.1, -0.05) is 0 Å². The zero-order valence-electron chi connectivity index (χ0n) is 11.1. The van der Waals surface area contributed by atoms with Crippen molar-refractivity contribution in [3.63, 3.8) is 0 Å². The van der Waals surface area contributed by atoms with Crippen LogP contribution < -0.4 is 10.6 Å². The Morgan fingerprint density at radius 3 is 2.62 bits per heavy atom. The summed E-state index contributed by atoms with van der Waals surface area (Å²) in [5, 5.41) is 25.0. The number of rotatable bonds is 7. The number of nitrogens with zero attached hydrogens (tertiary/aromatic N) is 2. The van der Waals surface area contributed by atoms with Crippen LogP contribution >= 0.6 is 23.4 Å². The Labute approximate surface area is 132 Å². The standard InChI is InChI=1S/C14H13ClN4OS/c15-6-1-7-18-14(20)11(8-16)9-19-12-2-4-13(5-3-12)21-10-17/h2-5,9,19H,1,6-7H2,(H,18,20)/b11-9-. The molecule has 0 atom stereocenters. The minimum absolute atomic E-state index is 0.0138. The summed E-state index contributed by atoms with van der Waals surface area (Å²) in [6.45, 7) is 0.432. The van der Waals surface area contributed by atoms with Crippen LogP contribution in [-0.2, 0) is 4.79 Å². The molecule has 5 nitrogen and oxygen atoms in total. The first-order valence-electron chi connectivity index (χ1n) is 6.08. The maximum Gasteiger partial charge on any atom is 0.263 e. The lowest BCUT2D eigenvalue weighted by molar-refractivity contribution is -0.117. The minimum atomic E-state index is -0.438. The fourth-order valence-corrected chi connectivity index (χ4v) is 1.85. The van der Waals surface area contributed by atoms with Gasteiger partial charge in [-0.05, 0) is 42.4 Å². The van der Waals surface area contributed by atoms with Gasteiger partial charge in [-0.25, -0.2) is 0 Å². The highest BCUT2D eigenvalue weighted by molar-refractivity contribution is 8.03. The lowest BCUT2D eigenvalue weighted by Gasteiger charge is -2.04. The van der Waals surface area contributed by atoms with Gasteiger partial charge in [0.2, 0.25) is 0 Å². The number of thioether (sulfide) groups is 1. The summed E-state index contributed by atoms with van der Waals surface area (Å²) in [6, 6.07) is 8.91. The molecule has 21 heavy (non-hydrogen) atoms. The van der Waals surface area contributed by atoms with E-state index >= 15 is 0 Å². The van der Waals surface area contributed by atoms with Crippen molar-refractivity contribution in [3.8, 4) is 11.5 Å². The molecule has 0 spiro atoms. The van der Waals surface area contributed by atoms with Crippen LogP contribution in [0.2, 0.25) is 0 Å². The van der Waals surface area contributed by atoms with Gasteiger partial charge in [0.1, 0.15) is 17.0 Å². The van der Waals surface area contributed by atoms with Crippen LogP contribution in [0.25, 0.3) is 0 Å². The van der Waals surface area contributed by atoms with E-state index in [0.29, 0.717) is 18.8 Å². The van der Waals surface area contributed by atoms with Crippen LogP contribution in [0.5, 0.6) is 0 Å². The number of hydrogen-bond donors (Lipinski definition) is 2. The highest BCUT2D eigenvalue weighted by atomic mass is 35.5. The molecule has 0 aliphatic heterocycles. The monoisotopic (exact) mass is 320 g/mol. The highest BCUT2D eigenvalue weighted by Gasteiger charge is 2.07. The Kier molecular flexibility index (Phi) is 7.81. The summed E-state index contributed by atoms with van der Waals surface area (Å²) < 4.78 is 0. The number of nitriles is 2. The summed E-state index contributed by atoms with van der Waals surface area (Å²) in [5.74, 6) is 0.0174. The second-order valence-electron chi connectivity index (χ2n) is 3.83. The quantitative estimate of drug-likeness (QED) is 0.201. The van der Waals surface area contributed by atoms with Gasteiger partial charge >= 0.3 is 0 Å². The molecule has 0 unspecified atom stereocenters. The Hall–Kier alpha value is -2.15. The van der Waals surface area contributed by atoms with Crippen molar-refractivity contribution in [2.75, 3.05) is 17.7 Å². The van der Waals surface area contributed by atoms with Crippen LogP contribution in [0.4, 0.5) is 5.69 Å². The molecule has 0 aliphatic rings. The number of carbonyl (C=O) groups excluding carboxylic acids is 1. The molecule has 0 saturated heterocycles. The van der Waals surface area contributed by atoms with Crippen LogP contribution in [-0.4, -0.2) is 18.3 Å². The molecule has 1 rings (SSSR count). The van der Waals surface area contributed by atoms with Gasteiger partial charge in [-0.15, -0.1) is 11.6 Å². The third-order valence-corrected chi connectivity index (χ3v) is 3.23. The smallest absolute Gasteiger partial charge is 0.263 e. The number of hydrogen-bond acceptors (Lipinski definition) is 5. The van der Waals surface area contributed by atoms with Gasteiger partial charge < -0.3 is 10.6 Å². The molecule has 108 valence electrons. The van der Waals surface area contributed by atoms with Crippen LogP contribution in [0.15, 0.2) is 40.9 Å². The predicted octanol–water partition coefficient (Wildman–Crippen LogP) is 2.82. The Morgan fingerprint density at radius 1 is 1.33 bits per heavy atom. The van der Waals surface area contributed by atoms with E-state index in [1.807, 2.05) is 11.5 Å². The zero-order valence-corrected chi connectivity index (χ0v) is 12.7. The van der Waals surface area contributed by atoms with E-state index in [0.717, 1.165) is 22.3 Å². The number of nitrogens with one attached hydrogen (secondary N) is 2. The Morgan fingerprint density at radius 2 is 2.05 bits per heavy atom. The second-order valence-corrected chi connectivity index (χ2v) is 5.07. The van der Waals surface area contributed by atoms with Gasteiger partial charge in [0.15, 0.2) is 0 Å². The van der Waals surface area contributed by atoms with E-state index < -0.39 is 5.91 Å². The Balaban J connectivity index is 2.61.